The van der Waals surface area contributed by atoms with Gasteiger partial charge in [-0.15, -0.1) is 0 Å². The van der Waals surface area contributed by atoms with Gasteiger partial charge in [-0.25, -0.2) is 13.1 Å². The largest absolute Gasteiger partial charge is 0.481 e. The highest BCUT2D eigenvalue weighted by Crippen LogP contribution is 2.26. The van der Waals surface area contributed by atoms with Gasteiger partial charge in [0.15, 0.2) is 0 Å². The van der Waals surface area contributed by atoms with E-state index in [2.05, 4.69) is 4.72 Å². The topological polar surface area (TPSA) is 83.5 Å². The number of rotatable bonds is 9. The van der Waals surface area contributed by atoms with Crippen molar-refractivity contribution in [3.8, 4) is 0 Å². The molecule has 0 unspecified atom stereocenters. The second-order valence-corrected chi connectivity index (χ2v) is 7.04. The molecule has 0 saturated heterocycles. The predicted octanol–water partition coefficient (Wildman–Crippen LogP) is 1.84. The van der Waals surface area contributed by atoms with Gasteiger partial charge in [-0.05, 0) is 25.2 Å². The second-order valence-electron chi connectivity index (χ2n) is 5.12. The molecule has 5 nitrogen and oxygen atoms in total. The number of sulfonamides is 1. The van der Waals surface area contributed by atoms with Gasteiger partial charge < -0.3 is 5.11 Å². The molecular weight excluding hydrogens is 254 g/mol. The number of carboxylic acids is 1. The summed E-state index contributed by atoms with van der Waals surface area (Å²) in [7, 11) is -3.38. The number of hydrogen-bond acceptors (Lipinski definition) is 3. The highest BCUT2D eigenvalue weighted by atomic mass is 32.2. The summed E-state index contributed by atoms with van der Waals surface area (Å²) >= 11 is 0. The van der Waals surface area contributed by atoms with Crippen molar-refractivity contribution in [2.45, 2.75) is 47.0 Å². The average Bonchev–Trinajstić information content (AvgIpc) is 2.28. The van der Waals surface area contributed by atoms with Crippen LogP contribution in [0.1, 0.15) is 47.0 Å². The van der Waals surface area contributed by atoms with E-state index in [1.807, 2.05) is 13.8 Å². The van der Waals surface area contributed by atoms with Crippen molar-refractivity contribution in [1.29, 1.82) is 0 Å². The molecule has 0 radical (unpaired) electrons. The summed E-state index contributed by atoms with van der Waals surface area (Å²) in [6.07, 6.45) is 1.39. The maximum atomic E-state index is 11.7. The Kier molecular flexibility index (Phi) is 6.84. The van der Waals surface area contributed by atoms with E-state index in [0.29, 0.717) is 25.2 Å². The Bertz CT molecular complexity index is 358. The van der Waals surface area contributed by atoms with Gasteiger partial charge >= 0.3 is 5.97 Å². The molecule has 0 rings (SSSR count). The molecule has 0 aliphatic carbocycles. The van der Waals surface area contributed by atoms with Crippen LogP contribution in [0.4, 0.5) is 0 Å². The minimum absolute atomic E-state index is 0.0320. The molecule has 0 fully saturated rings. The molecule has 0 atom stereocenters. The van der Waals surface area contributed by atoms with Crippen molar-refractivity contribution in [1.82, 2.24) is 4.72 Å². The van der Waals surface area contributed by atoms with Crippen LogP contribution in [0.3, 0.4) is 0 Å². The van der Waals surface area contributed by atoms with Gasteiger partial charge in [0.1, 0.15) is 0 Å². The van der Waals surface area contributed by atoms with Gasteiger partial charge in [0.2, 0.25) is 10.0 Å². The highest BCUT2D eigenvalue weighted by molar-refractivity contribution is 7.89. The first kappa shape index (κ1) is 17.4. The maximum Gasteiger partial charge on any atom is 0.310 e. The van der Waals surface area contributed by atoms with Crippen LogP contribution in [0, 0.1) is 11.3 Å². The monoisotopic (exact) mass is 279 g/mol. The van der Waals surface area contributed by atoms with Gasteiger partial charge in [-0.3, -0.25) is 4.79 Å². The lowest BCUT2D eigenvalue weighted by atomic mass is 9.83. The zero-order chi connectivity index (χ0) is 14.4. The Morgan fingerprint density at radius 1 is 1.28 bits per heavy atom. The number of carboxylic acid groups (broad SMARTS) is 1. The zero-order valence-electron chi connectivity index (χ0n) is 11.7. The van der Waals surface area contributed by atoms with E-state index in [1.54, 1.807) is 13.8 Å². The SMILES string of the molecule is CCC(CC)(CNS(=O)(=O)CCC(C)C)C(=O)O. The fourth-order valence-corrected chi connectivity index (χ4v) is 3.01. The van der Waals surface area contributed by atoms with E-state index in [-0.39, 0.29) is 12.3 Å². The molecule has 0 aromatic heterocycles. The predicted molar refractivity (Wildman–Crippen MR) is 71.9 cm³/mol. The summed E-state index contributed by atoms with van der Waals surface area (Å²) in [5, 5.41) is 9.20. The first-order valence-electron chi connectivity index (χ1n) is 6.40. The summed E-state index contributed by atoms with van der Waals surface area (Å²) < 4.78 is 25.9. The van der Waals surface area contributed by atoms with E-state index < -0.39 is 21.4 Å². The molecule has 108 valence electrons. The summed E-state index contributed by atoms with van der Waals surface area (Å²) in [4.78, 5) is 11.2. The molecule has 0 bridgehead atoms. The Morgan fingerprint density at radius 2 is 1.78 bits per heavy atom. The lowest BCUT2D eigenvalue weighted by Gasteiger charge is -2.26. The van der Waals surface area contributed by atoms with Gasteiger partial charge in [0, 0.05) is 6.54 Å². The van der Waals surface area contributed by atoms with E-state index in [4.69, 9.17) is 0 Å². The Morgan fingerprint density at radius 3 is 2.11 bits per heavy atom. The van der Waals surface area contributed by atoms with Crippen LogP contribution in [-0.2, 0) is 14.8 Å². The third-order valence-corrected chi connectivity index (χ3v) is 4.76. The van der Waals surface area contributed by atoms with E-state index in [1.165, 1.54) is 0 Å². The molecule has 0 aromatic carbocycles. The normalized spacial score (nSPS) is 12.9. The summed E-state index contributed by atoms with van der Waals surface area (Å²) in [6.45, 7) is 7.40. The van der Waals surface area contributed by atoms with Crippen LogP contribution in [0.15, 0.2) is 0 Å². The molecule has 0 aliphatic rings. The molecule has 6 heteroatoms. The van der Waals surface area contributed by atoms with Crippen molar-refractivity contribution in [3.05, 3.63) is 0 Å². The van der Waals surface area contributed by atoms with Gasteiger partial charge in [-0.2, -0.15) is 0 Å². The molecule has 0 spiro atoms. The van der Waals surface area contributed by atoms with Crippen molar-refractivity contribution in [2.75, 3.05) is 12.3 Å². The number of aliphatic carboxylic acids is 1. The smallest absolute Gasteiger partial charge is 0.310 e. The Balaban J connectivity index is 4.57. The molecular formula is C12H25NO4S. The fraction of sp³-hybridized carbons (Fsp3) is 0.917. The van der Waals surface area contributed by atoms with Crippen LogP contribution >= 0.6 is 0 Å². The maximum absolute atomic E-state index is 11.7. The molecule has 0 amide bonds. The summed E-state index contributed by atoms with van der Waals surface area (Å²) in [5.74, 6) is -0.587. The quantitative estimate of drug-likeness (QED) is 0.674. The minimum Gasteiger partial charge on any atom is -0.481 e. The van der Waals surface area contributed by atoms with Gasteiger partial charge in [-0.1, -0.05) is 27.7 Å². The summed E-state index contributed by atoms with van der Waals surface area (Å²) in [6, 6.07) is 0. The van der Waals surface area contributed by atoms with E-state index in [9.17, 15) is 18.3 Å². The first-order valence-corrected chi connectivity index (χ1v) is 8.05. The molecule has 0 saturated carbocycles. The molecule has 2 N–H and O–H groups in total. The van der Waals surface area contributed by atoms with Gasteiger partial charge in [0.05, 0.1) is 11.2 Å². The number of carbonyl (C=O) groups is 1. The molecule has 18 heavy (non-hydrogen) atoms. The standard InChI is InChI=1S/C12H25NO4S/c1-5-12(6-2,11(14)15)9-13-18(16,17)8-7-10(3)4/h10,13H,5-9H2,1-4H3,(H,14,15). The molecule has 0 aliphatic heterocycles. The van der Waals surface area contributed by atoms with E-state index in [0.717, 1.165) is 0 Å². The molecule has 0 aromatic rings. The number of hydrogen-bond donors (Lipinski definition) is 2. The Labute approximate surface area is 110 Å². The van der Waals surface area contributed by atoms with Crippen LogP contribution < -0.4 is 4.72 Å². The van der Waals surface area contributed by atoms with Crippen LogP contribution in [0.2, 0.25) is 0 Å². The Hall–Kier alpha value is -0.620. The highest BCUT2D eigenvalue weighted by Gasteiger charge is 2.35. The van der Waals surface area contributed by atoms with Crippen molar-refractivity contribution < 1.29 is 18.3 Å². The zero-order valence-corrected chi connectivity index (χ0v) is 12.5. The van der Waals surface area contributed by atoms with Crippen molar-refractivity contribution >= 4 is 16.0 Å². The van der Waals surface area contributed by atoms with Crippen molar-refractivity contribution in [2.24, 2.45) is 11.3 Å². The fourth-order valence-electron chi connectivity index (χ4n) is 1.59. The molecule has 0 heterocycles. The van der Waals surface area contributed by atoms with Crippen LogP contribution in [0.25, 0.3) is 0 Å². The van der Waals surface area contributed by atoms with Gasteiger partial charge in [0.25, 0.3) is 0 Å². The van der Waals surface area contributed by atoms with Crippen LogP contribution in [-0.4, -0.2) is 31.8 Å². The lowest BCUT2D eigenvalue weighted by Crippen LogP contribution is -2.43. The third-order valence-electron chi connectivity index (χ3n) is 3.40. The van der Waals surface area contributed by atoms with E-state index >= 15 is 0 Å². The first-order chi connectivity index (χ1) is 8.19. The third kappa shape index (κ3) is 5.35. The summed E-state index contributed by atoms with van der Waals surface area (Å²) in [5.41, 5.74) is -0.995. The second kappa shape index (κ2) is 7.09. The van der Waals surface area contributed by atoms with Crippen molar-refractivity contribution in [3.63, 3.8) is 0 Å². The lowest BCUT2D eigenvalue weighted by molar-refractivity contribution is -0.149. The van der Waals surface area contributed by atoms with Crippen LogP contribution in [0.5, 0.6) is 0 Å². The minimum atomic E-state index is -3.38. The average molecular weight is 279 g/mol. The number of nitrogens with one attached hydrogen (secondary N) is 1.